The molecular weight excluding hydrogens is 1010 g/mol. The molecule has 3 amide bonds. The minimum absolute atomic E-state index is 0.000203. The van der Waals surface area contributed by atoms with Crippen LogP contribution in [0.1, 0.15) is 81.8 Å². The second kappa shape index (κ2) is 19.7. The molecule has 11 rings (SSSR count). The maximum atomic E-state index is 15.5. The number of aliphatic hydroxyl groups is 4. The van der Waals surface area contributed by atoms with Crippen molar-refractivity contribution < 1.29 is 77.6 Å². The zero-order valence-corrected chi connectivity index (χ0v) is 41.2. The van der Waals surface area contributed by atoms with Crippen LogP contribution in [0, 0.1) is 12.7 Å². The zero-order chi connectivity index (χ0) is 54.2. The van der Waals surface area contributed by atoms with Crippen molar-refractivity contribution in [3.05, 3.63) is 145 Å². The molecule has 5 heterocycles. The lowest BCUT2D eigenvalue weighted by Gasteiger charge is -2.38. The normalized spacial score (nSPS) is 22.6. The summed E-state index contributed by atoms with van der Waals surface area (Å²) in [5.74, 6) is -4.33. The molecule has 1 fully saturated rings. The molecule has 1 saturated heterocycles. The highest BCUT2D eigenvalue weighted by molar-refractivity contribution is 5.96. The van der Waals surface area contributed by atoms with Crippen molar-refractivity contribution in [2.24, 2.45) is 0 Å². The Morgan fingerprint density at radius 3 is 2.34 bits per heavy atom. The van der Waals surface area contributed by atoms with Crippen LogP contribution in [0.5, 0.6) is 5.75 Å². The fourth-order valence-corrected chi connectivity index (χ4v) is 11.2. The maximum absolute atomic E-state index is 15.5. The predicted octanol–water partition coefficient (Wildman–Crippen LogP) is 4.19. The zero-order valence-electron chi connectivity index (χ0n) is 41.2. The predicted molar refractivity (Wildman–Crippen MR) is 267 cm³/mol. The number of carboxylic acids is 1. The van der Waals surface area contributed by atoms with Gasteiger partial charge in [-0.1, -0.05) is 61.5 Å². The third kappa shape index (κ3) is 8.76. The fourth-order valence-electron chi connectivity index (χ4n) is 11.2. The van der Waals surface area contributed by atoms with Crippen LogP contribution in [0.15, 0.2) is 83.7 Å². The Hall–Kier alpha value is -8.28. The number of esters is 1. The summed E-state index contributed by atoms with van der Waals surface area (Å²) in [6, 6.07) is 21.7. The quantitative estimate of drug-likeness (QED) is 0.0629. The number of aliphatic carboxylic acids is 1. The van der Waals surface area contributed by atoms with Gasteiger partial charge in [-0.25, -0.2) is 28.6 Å². The van der Waals surface area contributed by atoms with Gasteiger partial charge in [0.25, 0.3) is 5.56 Å². The van der Waals surface area contributed by atoms with E-state index < -0.39 is 96.9 Å². The first-order chi connectivity index (χ1) is 36.9. The van der Waals surface area contributed by atoms with E-state index in [1.165, 1.54) is 28.8 Å². The van der Waals surface area contributed by atoms with Crippen LogP contribution >= 0.6 is 0 Å². The third-order valence-electron chi connectivity index (χ3n) is 15.2. The summed E-state index contributed by atoms with van der Waals surface area (Å²) >= 11 is 0. The lowest BCUT2D eigenvalue weighted by Crippen LogP contribution is -2.61. The smallest absolute Gasteiger partial charge is 0.407 e. The molecule has 2 aromatic heterocycles. The Labute approximate surface area is 436 Å². The SMILES string of the molecule is CC[C@@]1(O)C(=O)OCc2c1cc1n(c2=O)Cc2c-1nc1cc(F)c(C)c3c1c2[C@@H](NC(=O)OCc1ccc(O[C@@H]2OC(C(=O)O)[C@@H](O)[C@@H](O)C2O)c(NC(=O)CNC(=O)OCC2c4ccccc4-c4ccccc42)c1)CC3. The van der Waals surface area contributed by atoms with Gasteiger partial charge in [0.1, 0.15) is 56.2 Å². The summed E-state index contributed by atoms with van der Waals surface area (Å²) in [6.07, 6.45) is -11.1. The average Bonchev–Trinajstić information content (AvgIpc) is 4.21. The van der Waals surface area contributed by atoms with Crippen molar-refractivity contribution in [1.29, 1.82) is 0 Å². The van der Waals surface area contributed by atoms with E-state index in [4.69, 9.17) is 28.7 Å². The number of alkyl carbamates (subject to hydrolysis) is 2. The first kappa shape index (κ1) is 50.9. The largest absolute Gasteiger partial charge is 0.479 e. The van der Waals surface area contributed by atoms with E-state index in [0.717, 1.165) is 22.3 Å². The number of hydrogen-bond acceptors (Lipinski definition) is 16. The number of aryl methyl sites for hydroxylation is 1. The van der Waals surface area contributed by atoms with Crippen LogP contribution in [-0.4, -0.2) is 109 Å². The number of amides is 3. The molecule has 0 spiro atoms. The van der Waals surface area contributed by atoms with E-state index in [0.29, 0.717) is 45.4 Å². The number of cyclic esters (lactones) is 1. The number of ether oxygens (including phenoxy) is 5. The number of carbonyl (C=O) groups excluding carboxylic acids is 4. The Morgan fingerprint density at radius 1 is 0.896 bits per heavy atom. The van der Waals surface area contributed by atoms with Crippen LogP contribution in [0.4, 0.5) is 19.7 Å². The monoisotopic (exact) mass is 1060 g/mol. The molecule has 7 atom stereocenters. The van der Waals surface area contributed by atoms with Crippen LogP contribution in [0.25, 0.3) is 33.4 Å². The first-order valence-corrected chi connectivity index (χ1v) is 24.8. The van der Waals surface area contributed by atoms with Gasteiger partial charge in [-0.3, -0.25) is 9.59 Å². The number of benzene rings is 4. The summed E-state index contributed by atoms with van der Waals surface area (Å²) < 4.78 is 44.6. The number of rotatable bonds is 12. The number of carboxylic acid groups (broad SMARTS) is 1. The molecular formula is C55H50FN5O16. The fraction of sp³-hybridized carbons (Fsp3) is 0.327. The highest BCUT2D eigenvalue weighted by Gasteiger charge is 2.49. The lowest BCUT2D eigenvalue weighted by atomic mass is 9.81. The van der Waals surface area contributed by atoms with E-state index in [1.54, 1.807) is 19.9 Å². The van der Waals surface area contributed by atoms with Crippen molar-refractivity contribution in [3.63, 3.8) is 0 Å². The molecule has 5 aliphatic rings. The van der Waals surface area contributed by atoms with Gasteiger partial charge in [0.2, 0.25) is 12.2 Å². The van der Waals surface area contributed by atoms with Gasteiger partial charge in [0.05, 0.1) is 40.7 Å². The number of halogens is 1. The molecule has 2 unspecified atom stereocenters. The van der Waals surface area contributed by atoms with E-state index >= 15 is 4.39 Å². The summed E-state index contributed by atoms with van der Waals surface area (Å²) in [5.41, 5.74) is 4.85. The highest BCUT2D eigenvalue weighted by atomic mass is 19.1. The van der Waals surface area contributed by atoms with Crippen molar-refractivity contribution in [2.75, 3.05) is 18.5 Å². The number of anilines is 1. The Kier molecular flexibility index (Phi) is 13.0. The number of pyridine rings is 2. The van der Waals surface area contributed by atoms with Gasteiger partial charge < -0.3 is 69.7 Å². The van der Waals surface area contributed by atoms with Gasteiger partial charge in [0.15, 0.2) is 11.7 Å². The van der Waals surface area contributed by atoms with E-state index in [-0.39, 0.29) is 72.2 Å². The first-order valence-electron chi connectivity index (χ1n) is 24.8. The molecule has 0 bridgehead atoms. The van der Waals surface area contributed by atoms with Crippen LogP contribution in [0.2, 0.25) is 0 Å². The number of nitrogens with zero attached hydrogens (tertiary/aromatic N) is 2. The molecule has 398 valence electrons. The van der Waals surface area contributed by atoms with Crippen molar-refractivity contribution in [1.82, 2.24) is 20.2 Å². The van der Waals surface area contributed by atoms with E-state index in [1.807, 2.05) is 48.5 Å². The third-order valence-corrected chi connectivity index (χ3v) is 15.2. The molecule has 22 heteroatoms. The number of aliphatic hydroxyl groups excluding tert-OH is 3. The molecule has 8 N–H and O–H groups in total. The summed E-state index contributed by atoms with van der Waals surface area (Å²) in [5, 5.41) is 61.1. The second-order valence-corrected chi connectivity index (χ2v) is 19.5. The standard InChI is InChI=1S/C55H50FN5O16/c1-3-55(72)34-17-39-44-31(20-61(39)49(66)33(34)23-73-52(55)69)43-36(14-13-26-24(2)35(56)18-38(59-44)42(26)43)60-54(71)74-21-25-12-15-40(76-51-47(65)45(63)46(64)48(77-51)50(67)68)37(16-25)58-41(62)19-57-53(70)75-22-32-29-10-6-4-8-27(29)28-9-5-7-11-30(28)32/h4-12,15-18,32,36,45-48,51,63-65,72H,3,13-14,19-23H2,1-2H3,(H,57,70)(H,58,62)(H,60,71)(H,67,68)/t36-,45+,46-,47?,48?,51+,55-/m0/s1. The number of aromatic nitrogens is 2. The van der Waals surface area contributed by atoms with E-state index in [2.05, 4.69) is 16.0 Å². The Morgan fingerprint density at radius 2 is 1.62 bits per heavy atom. The lowest BCUT2D eigenvalue weighted by molar-refractivity contribution is -0.271. The van der Waals surface area contributed by atoms with Gasteiger partial charge in [0, 0.05) is 28.5 Å². The average molecular weight is 1060 g/mol. The molecule has 77 heavy (non-hydrogen) atoms. The van der Waals surface area contributed by atoms with Crippen molar-refractivity contribution >= 4 is 46.6 Å². The molecule has 6 aromatic rings. The van der Waals surface area contributed by atoms with Crippen LogP contribution < -0.4 is 26.2 Å². The topological polar surface area (TPSA) is 304 Å². The van der Waals surface area contributed by atoms with E-state index in [9.17, 15) is 54.3 Å². The number of nitrogens with one attached hydrogen (secondary N) is 3. The molecule has 4 aromatic carbocycles. The molecule has 3 aliphatic heterocycles. The molecule has 2 aliphatic carbocycles. The van der Waals surface area contributed by atoms with Crippen molar-refractivity contribution in [2.45, 2.75) is 101 Å². The van der Waals surface area contributed by atoms with Gasteiger partial charge in [-0.05, 0) is 88.9 Å². The summed E-state index contributed by atoms with van der Waals surface area (Å²) in [6.45, 7) is 1.83. The van der Waals surface area contributed by atoms with Crippen molar-refractivity contribution in [3.8, 4) is 28.3 Å². The van der Waals surface area contributed by atoms with Gasteiger partial charge in [-0.2, -0.15) is 0 Å². The van der Waals surface area contributed by atoms with Gasteiger partial charge in [-0.15, -0.1) is 0 Å². The molecule has 21 nitrogen and oxygen atoms in total. The molecule has 0 saturated carbocycles. The Bertz CT molecular complexity index is 3500. The minimum Gasteiger partial charge on any atom is -0.479 e. The molecule has 0 radical (unpaired) electrons. The van der Waals surface area contributed by atoms with Crippen LogP contribution in [-0.2, 0) is 65.1 Å². The number of fused-ring (bicyclic) bond motifs is 8. The minimum atomic E-state index is -2.09. The van der Waals surface area contributed by atoms with Crippen LogP contribution in [0.3, 0.4) is 0 Å². The summed E-state index contributed by atoms with van der Waals surface area (Å²) in [7, 11) is 0. The van der Waals surface area contributed by atoms with Gasteiger partial charge >= 0.3 is 24.1 Å². The number of carbonyl (C=O) groups is 5. The highest BCUT2D eigenvalue weighted by Crippen LogP contribution is 2.47. The Balaban J connectivity index is 0.823. The number of hydrogen-bond donors (Lipinski definition) is 8. The second-order valence-electron chi connectivity index (χ2n) is 19.5. The summed E-state index contributed by atoms with van der Waals surface area (Å²) in [4.78, 5) is 84.0. The maximum Gasteiger partial charge on any atom is 0.407 e.